The monoisotopic (exact) mass is 192 g/mol. The van der Waals surface area contributed by atoms with Crippen molar-refractivity contribution in [2.75, 3.05) is 6.16 Å². The minimum atomic E-state index is 0.204. The maximum absolute atomic E-state index is 2.44. The van der Waals surface area contributed by atoms with E-state index in [2.05, 4.69) is 7.69 Å². The van der Waals surface area contributed by atoms with E-state index in [1.165, 1.54) is 6.16 Å². The Balaban J connectivity index is 2.61. The fourth-order valence-electron chi connectivity index (χ4n) is 0.236. The zero-order chi connectivity index (χ0) is 3.54. The van der Waals surface area contributed by atoms with Crippen LogP contribution >= 0.6 is 8.20 Å². The molecule has 0 bridgehead atoms. The van der Waals surface area contributed by atoms with Crippen molar-refractivity contribution >= 4 is 37.0 Å². The maximum atomic E-state index is 2.44. The first kappa shape index (κ1) is 4.03. The Bertz CT molecular complexity index is 65.0. The van der Waals surface area contributed by atoms with Gasteiger partial charge in [0.05, 0.1) is 0 Å². The van der Waals surface area contributed by atoms with Gasteiger partial charge in [0, 0.05) is 0 Å². The Kier molecular flexibility index (Phi) is 1.70. The molecule has 1 heterocycles. The topological polar surface area (TPSA) is 0 Å². The Morgan fingerprint density at radius 1 is 1.80 bits per heavy atom. The van der Waals surface area contributed by atoms with Gasteiger partial charge < -0.3 is 0 Å². The molecule has 0 N–H and O–H groups in total. The average Bonchev–Trinajstić information content (AvgIpc) is 1.76. The van der Waals surface area contributed by atoms with E-state index < -0.39 is 0 Å². The van der Waals surface area contributed by atoms with Crippen molar-refractivity contribution in [2.45, 2.75) is 0 Å². The average molecular weight is 193 g/mol. The summed E-state index contributed by atoms with van der Waals surface area (Å²) in [6.45, 7) is 0. The van der Waals surface area contributed by atoms with Gasteiger partial charge in [-0.15, -0.1) is 0 Å². The molecule has 0 radical (unpaired) electrons. The molecule has 0 aromatic heterocycles. The van der Waals surface area contributed by atoms with Gasteiger partial charge in [-0.25, -0.2) is 0 Å². The second-order valence-electron chi connectivity index (χ2n) is 0.812. The third-order valence-electron chi connectivity index (χ3n) is 0.441. The van der Waals surface area contributed by atoms with Crippen molar-refractivity contribution in [3.63, 3.8) is 0 Å². The molecule has 0 spiro atoms. The molecule has 0 saturated carbocycles. The second kappa shape index (κ2) is 2.11. The van der Waals surface area contributed by atoms with E-state index in [1.807, 2.05) is 0 Å². The van der Waals surface area contributed by atoms with E-state index >= 15 is 0 Å². The first-order valence-electron chi connectivity index (χ1n) is 1.50. The third-order valence-corrected chi connectivity index (χ3v) is 5.65. The minimum absolute atomic E-state index is 0.204. The summed E-state index contributed by atoms with van der Waals surface area (Å²) in [5.41, 5.74) is 0. The summed E-state index contributed by atoms with van der Waals surface area (Å²) < 4.78 is 4.87. The van der Waals surface area contributed by atoms with Gasteiger partial charge in [-0.1, -0.05) is 0 Å². The van der Waals surface area contributed by atoms with E-state index in [0.29, 0.717) is 0 Å². The zero-order valence-electron chi connectivity index (χ0n) is 2.76. The summed E-state index contributed by atoms with van der Waals surface area (Å²) >= 11 is 0.204. The Morgan fingerprint density at radius 3 is 3.00 bits per heavy atom. The molecule has 0 amide bonds. The molecular weight excluding hydrogens is 189 g/mol. The zero-order valence-corrected chi connectivity index (χ0v) is 6.20. The van der Waals surface area contributed by atoms with Gasteiger partial charge in [0.1, 0.15) is 0 Å². The van der Waals surface area contributed by atoms with Crippen LogP contribution in [0.5, 0.6) is 0 Å². The van der Waals surface area contributed by atoms with Crippen molar-refractivity contribution in [3.8, 4) is 0 Å². The normalized spacial score (nSPS) is 20.8. The fourth-order valence-corrected chi connectivity index (χ4v) is 4.74. The van der Waals surface area contributed by atoms with Crippen LogP contribution in [0.4, 0.5) is 0 Å². The predicted octanol–water partition coefficient (Wildman–Crippen LogP) is 0.212. The molecule has 0 aromatic rings. The van der Waals surface area contributed by atoms with Crippen LogP contribution < -0.4 is 0 Å². The quantitative estimate of drug-likeness (QED) is 0.381. The van der Waals surface area contributed by atoms with Crippen LogP contribution in [-0.4, -0.2) is 35.0 Å². The van der Waals surface area contributed by atoms with Crippen LogP contribution in [0.3, 0.4) is 0 Å². The molecule has 0 atom stereocenters. The van der Waals surface area contributed by atoms with Gasteiger partial charge in [0.2, 0.25) is 0 Å². The standard InChI is InChI=1S/C3H4P.Sb/c1-3-4-2;/h1-2H,3H2;. The molecule has 0 nitrogen and oxygen atoms in total. The molecule has 5 heavy (non-hydrogen) atoms. The van der Waals surface area contributed by atoms with Crippen molar-refractivity contribution in [1.82, 2.24) is 0 Å². The summed E-state index contributed by atoms with van der Waals surface area (Å²) in [5, 5.41) is 0. The molecule has 2 heteroatoms. The second-order valence-corrected chi connectivity index (χ2v) is 5.64. The van der Waals surface area contributed by atoms with Crippen LogP contribution in [-0.2, 0) is 0 Å². The first-order chi connectivity index (χ1) is 2.50. The summed E-state index contributed by atoms with van der Waals surface area (Å²) in [6.07, 6.45) is 1.36. The summed E-state index contributed by atoms with van der Waals surface area (Å²) in [4.78, 5) is 0. The molecule has 1 aliphatic heterocycles. The Morgan fingerprint density at radius 2 is 2.80 bits per heavy atom. The number of hydrogen-bond donors (Lipinski definition) is 0. The molecule has 0 aromatic carbocycles. The third kappa shape index (κ3) is 1.16. The molecule has 0 aliphatic carbocycles. The van der Waals surface area contributed by atoms with Crippen LogP contribution in [0.25, 0.3) is 0 Å². The van der Waals surface area contributed by atoms with Gasteiger partial charge in [0.15, 0.2) is 0 Å². The predicted molar refractivity (Wildman–Crippen MR) is 29.7 cm³/mol. The van der Waals surface area contributed by atoms with Crippen LogP contribution in [0.15, 0.2) is 0 Å². The van der Waals surface area contributed by atoms with Gasteiger partial charge in [-0.3, -0.25) is 0 Å². The summed E-state index contributed by atoms with van der Waals surface area (Å²) in [6, 6.07) is 0. The van der Waals surface area contributed by atoms with Crippen LogP contribution in [0.2, 0.25) is 0 Å². The van der Waals surface area contributed by atoms with E-state index in [-0.39, 0.29) is 21.1 Å². The summed E-state index contributed by atoms with van der Waals surface area (Å²) in [5.74, 6) is 0. The van der Waals surface area contributed by atoms with Crippen molar-refractivity contribution in [3.05, 3.63) is 0 Å². The van der Waals surface area contributed by atoms with E-state index in [9.17, 15) is 0 Å². The Hall–Kier alpha value is 0.858. The number of hydrogen-bond acceptors (Lipinski definition) is 0. The Labute approximate surface area is 43.4 Å². The first-order valence-corrected chi connectivity index (χ1v) is 5.60. The molecule has 1 aliphatic rings. The summed E-state index contributed by atoms with van der Waals surface area (Å²) in [7, 11) is 1.58. The van der Waals surface area contributed by atoms with Crippen molar-refractivity contribution in [1.29, 1.82) is 0 Å². The van der Waals surface area contributed by atoms with Crippen LogP contribution in [0, 0.1) is 0 Å². The molecule has 0 saturated heterocycles. The SMILES string of the molecule is [CH]1=PC[CH]=[Sb]1. The molecular formula is C3H4PSb. The fraction of sp³-hybridized carbons (Fsp3) is 0.333. The van der Waals surface area contributed by atoms with Crippen molar-refractivity contribution < 1.29 is 0 Å². The molecule has 26 valence electrons. The van der Waals surface area contributed by atoms with E-state index in [1.54, 1.807) is 8.20 Å². The van der Waals surface area contributed by atoms with Gasteiger partial charge in [-0.2, -0.15) is 0 Å². The van der Waals surface area contributed by atoms with E-state index in [0.717, 1.165) is 0 Å². The van der Waals surface area contributed by atoms with Gasteiger partial charge >= 0.3 is 43.2 Å². The van der Waals surface area contributed by atoms with Gasteiger partial charge in [-0.05, 0) is 0 Å². The van der Waals surface area contributed by atoms with Gasteiger partial charge in [0.25, 0.3) is 0 Å². The van der Waals surface area contributed by atoms with E-state index in [4.69, 9.17) is 0 Å². The van der Waals surface area contributed by atoms with Crippen molar-refractivity contribution in [2.24, 2.45) is 0 Å². The molecule has 0 unspecified atom stereocenters. The molecule has 1 rings (SSSR count). The molecule has 0 fully saturated rings. The van der Waals surface area contributed by atoms with Crippen LogP contribution in [0.1, 0.15) is 0 Å². The number of rotatable bonds is 0.